The second-order valence-corrected chi connectivity index (χ2v) is 7.58. The van der Waals surface area contributed by atoms with Gasteiger partial charge in [0.15, 0.2) is 0 Å². The summed E-state index contributed by atoms with van der Waals surface area (Å²) in [6.07, 6.45) is 5.53. The lowest BCUT2D eigenvalue weighted by Gasteiger charge is -2.07. The highest BCUT2D eigenvalue weighted by Crippen LogP contribution is 2.22. The molecule has 0 atom stereocenters. The number of furan rings is 1. The lowest BCUT2D eigenvalue weighted by Crippen LogP contribution is -2.34. The fourth-order valence-corrected chi connectivity index (χ4v) is 3.01. The highest BCUT2D eigenvalue weighted by atomic mass is 79.9. The predicted octanol–water partition coefficient (Wildman–Crippen LogP) is 3.55. The molecule has 9 nitrogen and oxygen atoms in total. The number of ether oxygens (including phenoxy) is 2. The number of hydrogen-bond acceptors (Lipinski definition) is 7. The van der Waals surface area contributed by atoms with Crippen LogP contribution in [0.1, 0.15) is 21.7 Å². The highest BCUT2D eigenvalue weighted by Gasteiger charge is 2.10. The number of carbonyl (C=O) groups is 3. The van der Waals surface area contributed by atoms with Gasteiger partial charge in [0.25, 0.3) is 11.8 Å². The molecule has 0 fully saturated rings. The molecule has 1 heterocycles. The summed E-state index contributed by atoms with van der Waals surface area (Å²) in [4.78, 5) is 36.3. The van der Waals surface area contributed by atoms with Crippen LogP contribution in [0.4, 0.5) is 0 Å². The number of rotatable bonds is 9. The molecule has 34 heavy (non-hydrogen) atoms. The maximum absolute atomic E-state index is 12.2. The summed E-state index contributed by atoms with van der Waals surface area (Å²) in [5, 5.41) is 6.37. The van der Waals surface area contributed by atoms with Gasteiger partial charge in [0.05, 0.1) is 26.1 Å². The molecule has 174 valence electrons. The lowest BCUT2D eigenvalue weighted by molar-refractivity contribution is -0.129. The van der Waals surface area contributed by atoms with Gasteiger partial charge < -0.3 is 19.2 Å². The second-order valence-electron chi connectivity index (χ2n) is 6.66. The average molecular weight is 526 g/mol. The number of amides is 2. The first-order valence-electron chi connectivity index (χ1n) is 9.91. The first kappa shape index (κ1) is 24.5. The number of carbonyl (C=O) groups excluding carboxylic acids is 3. The van der Waals surface area contributed by atoms with Crippen LogP contribution in [-0.2, 0) is 9.59 Å². The largest absolute Gasteiger partial charge is 0.497 e. The molecule has 3 aromatic rings. The van der Waals surface area contributed by atoms with E-state index in [0.717, 1.165) is 4.47 Å². The molecule has 0 unspecified atom stereocenters. The number of benzene rings is 2. The maximum Gasteiger partial charge on any atom is 0.336 e. The molecule has 0 spiro atoms. The third-order valence-corrected chi connectivity index (χ3v) is 4.74. The molecule has 0 aliphatic carbocycles. The van der Waals surface area contributed by atoms with Gasteiger partial charge in [0, 0.05) is 21.7 Å². The zero-order valence-electron chi connectivity index (χ0n) is 18.0. The van der Waals surface area contributed by atoms with Crippen LogP contribution in [0.25, 0.3) is 6.08 Å². The highest BCUT2D eigenvalue weighted by molar-refractivity contribution is 9.10. The summed E-state index contributed by atoms with van der Waals surface area (Å²) in [5.41, 5.74) is 3.11. The number of halogens is 1. The van der Waals surface area contributed by atoms with Crippen LogP contribution in [0.5, 0.6) is 11.5 Å². The number of nitrogens with one attached hydrogen (secondary N) is 2. The van der Waals surface area contributed by atoms with Crippen molar-refractivity contribution < 1.29 is 28.3 Å². The smallest absolute Gasteiger partial charge is 0.336 e. The van der Waals surface area contributed by atoms with E-state index in [2.05, 4.69) is 31.8 Å². The first-order chi connectivity index (χ1) is 16.4. The third kappa shape index (κ3) is 7.45. The van der Waals surface area contributed by atoms with Crippen molar-refractivity contribution in [3.05, 3.63) is 88.3 Å². The molecular weight excluding hydrogens is 506 g/mol. The predicted molar refractivity (Wildman–Crippen MR) is 129 cm³/mol. The minimum atomic E-state index is -0.613. The van der Waals surface area contributed by atoms with Crippen molar-refractivity contribution in [2.45, 2.75) is 0 Å². The van der Waals surface area contributed by atoms with E-state index in [1.165, 1.54) is 31.7 Å². The van der Waals surface area contributed by atoms with Gasteiger partial charge >= 0.3 is 5.97 Å². The molecule has 0 bridgehead atoms. The van der Waals surface area contributed by atoms with E-state index in [1.54, 1.807) is 54.6 Å². The maximum atomic E-state index is 12.2. The molecule has 3 rings (SSSR count). The van der Waals surface area contributed by atoms with Gasteiger partial charge in [0.2, 0.25) is 0 Å². The van der Waals surface area contributed by atoms with Gasteiger partial charge in [0.1, 0.15) is 17.3 Å². The molecular formula is C24H20BrN3O6. The molecule has 0 aliphatic rings. The Balaban J connectivity index is 1.55. The van der Waals surface area contributed by atoms with Crippen LogP contribution in [-0.4, -0.2) is 37.7 Å². The number of nitrogens with zero attached hydrogens (tertiary/aromatic N) is 1. The summed E-state index contributed by atoms with van der Waals surface area (Å²) < 4.78 is 16.3. The van der Waals surface area contributed by atoms with E-state index in [0.29, 0.717) is 22.6 Å². The van der Waals surface area contributed by atoms with Crippen molar-refractivity contribution in [3.63, 3.8) is 0 Å². The van der Waals surface area contributed by atoms with Crippen molar-refractivity contribution in [1.82, 2.24) is 10.7 Å². The van der Waals surface area contributed by atoms with Gasteiger partial charge in [-0.2, -0.15) is 5.10 Å². The molecule has 0 aliphatic heterocycles. The quantitative estimate of drug-likeness (QED) is 0.145. The van der Waals surface area contributed by atoms with E-state index in [9.17, 15) is 14.4 Å². The van der Waals surface area contributed by atoms with Crippen LogP contribution in [0.15, 0.2) is 80.9 Å². The Kier molecular flexibility index (Phi) is 8.75. The van der Waals surface area contributed by atoms with Crippen LogP contribution in [0.2, 0.25) is 0 Å². The fraction of sp³-hybridized carbons (Fsp3) is 0.0833. The van der Waals surface area contributed by atoms with Gasteiger partial charge in [-0.3, -0.25) is 9.59 Å². The summed E-state index contributed by atoms with van der Waals surface area (Å²) in [7, 11) is 1.50. The number of esters is 1. The molecule has 1 aromatic heterocycles. The van der Waals surface area contributed by atoms with Crippen molar-refractivity contribution in [2.24, 2.45) is 5.10 Å². The Morgan fingerprint density at radius 1 is 1.12 bits per heavy atom. The monoisotopic (exact) mass is 525 g/mol. The normalized spacial score (nSPS) is 10.9. The van der Waals surface area contributed by atoms with Crippen molar-refractivity contribution in [1.29, 1.82) is 0 Å². The SMILES string of the molecule is COc1cccc(C(=O)NCC(=O)NN=Cc2cc(Br)ccc2OC(=O)C=Cc2ccco2)c1. The van der Waals surface area contributed by atoms with E-state index >= 15 is 0 Å². The van der Waals surface area contributed by atoms with E-state index in [4.69, 9.17) is 13.9 Å². The Morgan fingerprint density at radius 3 is 2.74 bits per heavy atom. The van der Waals surface area contributed by atoms with Crippen LogP contribution in [0, 0.1) is 0 Å². The summed E-state index contributed by atoms with van der Waals surface area (Å²) in [6.45, 7) is -0.286. The average Bonchev–Trinajstić information content (AvgIpc) is 3.36. The summed E-state index contributed by atoms with van der Waals surface area (Å²) in [6, 6.07) is 14.9. The van der Waals surface area contributed by atoms with Crippen LogP contribution >= 0.6 is 15.9 Å². The summed E-state index contributed by atoms with van der Waals surface area (Å²) >= 11 is 3.34. The molecule has 10 heteroatoms. The Labute approximate surface area is 203 Å². The zero-order chi connectivity index (χ0) is 24.3. The van der Waals surface area contributed by atoms with E-state index < -0.39 is 17.8 Å². The molecule has 0 saturated heterocycles. The third-order valence-electron chi connectivity index (χ3n) is 4.24. The molecule has 2 aromatic carbocycles. The van der Waals surface area contributed by atoms with Crippen molar-refractivity contribution >= 4 is 46.0 Å². The van der Waals surface area contributed by atoms with Crippen molar-refractivity contribution in [2.75, 3.05) is 13.7 Å². The van der Waals surface area contributed by atoms with Crippen LogP contribution in [0.3, 0.4) is 0 Å². The molecule has 0 radical (unpaired) electrons. The van der Waals surface area contributed by atoms with E-state index in [1.807, 2.05) is 0 Å². The van der Waals surface area contributed by atoms with Gasteiger partial charge in [-0.15, -0.1) is 0 Å². The standard InChI is InChI=1S/C24H20BrN3O6/c1-32-20-5-2-4-16(13-20)24(31)26-15-22(29)28-27-14-17-12-18(25)7-9-21(17)34-23(30)10-8-19-6-3-11-33-19/h2-14H,15H2,1H3,(H,26,31)(H,28,29). The minimum absolute atomic E-state index is 0.238. The number of hydrogen-bond donors (Lipinski definition) is 2. The topological polar surface area (TPSA) is 119 Å². The van der Waals surface area contributed by atoms with E-state index in [-0.39, 0.29) is 12.3 Å². The minimum Gasteiger partial charge on any atom is -0.497 e. The number of hydrazone groups is 1. The fourth-order valence-electron chi connectivity index (χ4n) is 2.63. The van der Waals surface area contributed by atoms with Gasteiger partial charge in [-0.1, -0.05) is 22.0 Å². The Bertz CT molecular complexity index is 1220. The Morgan fingerprint density at radius 2 is 1.97 bits per heavy atom. The molecule has 2 amide bonds. The summed E-state index contributed by atoms with van der Waals surface area (Å²) in [5.74, 6) is -0.303. The number of methoxy groups -OCH3 is 1. The van der Waals surface area contributed by atoms with Gasteiger partial charge in [-0.25, -0.2) is 10.2 Å². The van der Waals surface area contributed by atoms with Crippen LogP contribution < -0.4 is 20.2 Å². The Hall–Kier alpha value is -4.18. The lowest BCUT2D eigenvalue weighted by atomic mass is 10.2. The first-order valence-corrected chi connectivity index (χ1v) is 10.7. The van der Waals surface area contributed by atoms with Gasteiger partial charge in [-0.05, 0) is 54.6 Å². The second kappa shape index (κ2) is 12.2. The molecule has 2 N–H and O–H groups in total. The molecule has 0 saturated carbocycles. The zero-order valence-corrected chi connectivity index (χ0v) is 19.6. The van der Waals surface area contributed by atoms with Crippen molar-refractivity contribution in [3.8, 4) is 11.5 Å².